The van der Waals surface area contributed by atoms with Gasteiger partial charge in [-0.25, -0.2) is 0 Å². The Bertz CT molecular complexity index is 132. The van der Waals surface area contributed by atoms with E-state index in [0.29, 0.717) is 0 Å². The van der Waals surface area contributed by atoms with Crippen LogP contribution in [0.4, 0.5) is 0 Å². The van der Waals surface area contributed by atoms with Crippen molar-refractivity contribution in [3.05, 3.63) is 0 Å². The first kappa shape index (κ1) is 9.92. The number of β-amino-alcohol motifs (C(OH)–C–C–N with tert-alkyl or cyclic N) is 1. The van der Waals surface area contributed by atoms with E-state index < -0.39 is 0 Å². The van der Waals surface area contributed by atoms with Gasteiger partial charge in [-0.2, -0.15) is 0 Å². The molecule has 0 spiro atoms. The molecule has 1 rings (SSSR count). The quantitative estimate of drug-likeness (QED) is 0.552. The van der Waals surface area contributed by atoms with Crippen molar-refractivity contribution < 1.29 is 10.2 Å². The van der Waals surface area contributed by atoms with Crippen LogP contribution in [-0.2, 0) is 0 Å². The second-order valence-electron chi connectivity index (χ2n) is 3.34. The number of hydrogen-bond acceptors (Lipinski definition) is 4. The Labute approximate surface area is 73.4 Å². The van der Waals surface area contributed by atoms with Gasteiger partial charge in [-0.1, -0.05) is 0 Å². The molecule has 1 fully saturated rings. The molecule has 0 saturated carbocycles. The minimum Gasteiger partial charge on any atom is -0.395 e. The predicted octanol–water partition coefficient (Wildman–Crippen LogP) is -1.41. The minimum absolute atomic E-state index is 0.207. The van der Waals surface area contributed by atoms with Crippen LogP contribution in [0.5, 0.6) is 0 Å². The van der Waals surface area contributed by atoms with Crippen LogP contribution in [0.2, 0.25) is 0 Å². The van der Waals surface area contributed by atoms with Crippen LogP contribution in [0.25, 0.3) is 0 Å². The van der Waals surface area contributed by atoms with Gasteiger partial charge < -0.3 is 10.2 Å². The van der Waals surface area contributed by atoms with E-state index in [1.165, 1.54) is 0 Å². The average Bonchev–Trinajstić information content (AvgIpc) is 2.09. The summed E-state index contributed by atoms with van der Waals surface area (Å²) in [6, 6.07) is 0.241. The Morgan fingerprint density at radius 2 is 2.08 bits per heavy atom. The molecular formula is C8H18N2O2. The van der Waals surface area contributed by atoms with Crippen molar-refractivity contribution in [1.29, 1.82) is 0 Å². The van der Waals surface area contributed by atoms with Crippen LogP contribution in [0.3, 0.4) is 0 Å². The molecule has 0 bridgehead atoms. The van der Waals surface area contributed by atoms with Crippen LogP contribution >= 0.6 is 0 Å². The molecule has 0 unspecified atom stereocenters. The number of nitrogens with zero attached hydrogens (tertiary/aromatic N) is 2. The van der Waals surface area contributed by atoms with Gasteiger partial charge in [0.15, 0.2) is 0 Å². The lowest BCUT2D eigenvalue weighted by atomic mass is 10.2. The van der Waals surface area contributed by atoms with E-state index in [-0.39, 0.29) is 19.3 Å². The molecule has 1 aliphatic heterocycles. The summed E-state index contributed by atoms with van der Waals surface area (Å²) in [5.41, 5.74) is 0. The molecule has 1 saturated heterocycles. The van der Waals surface area contributed by atoms with Crippen LogP contribution in [0, 0.1) is 0 Å². The first-order chi connectivity index (χ1) is 5.77. The van der Waals surface area contributed by atoms with Gasteiger partial charge in [-0.15, -0.1) is 0 Å². The van der Waals surface area contributed by atoms with Crippen LogP contribution in [0.15, 0.2) is 0 Å². The maximum Gasteiger partial charge on any atom is 0.0599 e. The SMILES string of the molecule is CN1CCN(CCO)C[C@@H]1CO. The summed E-state index contributed by atoms with van der Waals surface area (Å²) in [4.78, 5) is 4.34. The third kappa shape index (κ3) is 2.42. The van der Waals surface area contributed by atoms with Gasteiger partial charge in [0.25, 0.3) is 0 Å². The van der Waals surface area contributed by atoms with Crippen LogP contribution in [-0.4, -0.2) is 72.5 Å². The monoisotopic (exact) mass is 174 g/mol. The maximum atomic E-state index is 9.02. The van der Waals surface area contributed by atoms with Gasteiger partial charge in [0.1, 0.15) is 0 Å². The summed E-state index contributed by atoms with van der Waals surface area (Å²) in [6.07, 6.45) is 0. The summed E-state index contributed by atoms with van der Waals surface area (Å²) in [6.45, 7) is 3.98. The Balaban J connectivity index is 2.33. The van der Waals surface area contributed by atoms with Gasteiger partial charge >= 0.3 is 0 Å². The van der Waals surface area contributed by atoms with Gasteiger partial charge in [0, 0.05) is 32.2 Å². The molecule has 0 aliphatic carbocycles. The molecule has 12 heavy (non-hydrogen) atoms. The fraction of sp³-hybridized carbons (Fsp3) is 1.00. The van der Waals surface area contributed by atoms with Crippen molar-refractivity contribution in [2.45, 2.75) is 6.04 Å². The number of piperazine rings is 1. The average molecular weight is 174 g/mol. The second kappa shape index (κ2) is 4.77. The normalized spacial score (nSPS) is 27.8. The highest BCUT2D eigenvalue weighted by Crippen LogP contribution is 2.05. The fourth-order valence-corrected chi connectivity index (χ4v) is 1.55. The molecule has 1 atom stereocenters. The Morgan fingerprint density at radius 1 is 1.33 bits per heavy atom. The number of hydrogen-bond donors (Lipinski definition) is 2. The molecule has 72 valence electrons. The van der Waals surface area contributed by atoms with Gasteiger partial charge in [0.05, 0.1) is 13.2 Å². The smallest absolute Gasteiger partial charge is 0.0599 e. The Hall–Kier alpha value is -0.160. The highest BCUT2D eigenvalue weighted by Gasteiger charge is 2.22. The summed E-state index contributed by atoms with van der Waals surface area (Å²) in [5.74, 6) is 0. The molecule has 1 aliphatic rings. The van der Waals surface area contributed by atoms with Crippen molar-refractivity contribution in [2.75, 3.05) is 46.4 Å². The number of aliphatic hydroxyl groups excluding tert-OH is 2. The standard InChI is InChI=1S/C8H18N2O2/c1-9-2-3-10(4-5-11)6-8(9)7-12/h8,11-12H,2-7H2,1H3/t8-/m1/s1. The molecule has 0 aromatic rings. The lowest BCUT2D eigenvalue weighted by molar-refractivity contribution is 0.0493. The van der Waals surface area contributed by atoms with E-state index in [9.17, 15) is 0 Å². The van der Waals surface area contributed by atoms with E-state index in [1.807, 2.05) is 7.05 Å². The van der Waals surface area contributed by atoms with Crippen molar-refractivity contribution in [2.24, 2.45) is 0 Å². The lowest BCUT2D eigenvalue weighted by Gasteiger charge is -2.38. The molecule has 0 aromatic heterocycles. The van der Waals surface area contributed by atoms with Crippen LogP contribution in [0.1, 0.15) is 0 Å². The predicted molar refractivity (Wildman–Crippen MR) is 47.0 cm³/mol. The molecule has 0 radical (unpaired) electrons. The van der Waals surface area contributed by atoms with Crippen molar-refractivity contribution in [3.63, 3.8) is 0 Å². The fourth-order valence-electron chi connectivity index (χ4n) is 1.55. The molecule has 4 heteroatoms. The maximum absolute atomic E-state index is 9.02. The third-order valence-electron chi connectivity index (χ3n) is 2.49. The minimum atomic E-state index is 0.207. The Morgan fingerprint density at radius 3 is 2.67 bits per heavy atom. The highest BCUT2D eigenvalue weighted by atomic mass is 16.3. The highest BCUT2D eigenvalue weighted by molar-refractivity contribution is 4.78. The van der Waals surface area contributed by atoms with Gasteiger partial charge in [-0.3, -0.25) is 9.80 Å². The summed E-state index contributed by atoms with van der Waals surface area (Å²) < 4.78 is 0. The molecule has 0 amide bonds. The van der Waals surface area contributed by atoms with Crippen molar-refractivity contribution in [3.8, 4) is 0 Å². The Kier molecular flexibility index (Phi) is 3.94. The van der Waals surface area contributed by atoms with Gasteiger partial charge in [0.2, 0.25) is 0 Å². The zero-order chi connectivity index (χ0) is 8.97. The second-order valence-corrected chi connectivity index (χ2v) is 3.34. The van der Waals surface area contributed by atoms with Crippen molar-refractivity contribution in [1.82, 2.24) is 9.80 Å². The van der Waals surface area contributed by atoms with Crippen molar-refractivity contribution >= 4 is 0 Å². The van der Waals surface area contributed by atoms with E-state index in [0.717, 1.165) is 26.2 Å². The number of likely N-dealkylation sites (N-methyl/N-ethyl adjacent to an activating group) is 1. The number of rotatable bonds is 3. The zero-order valence-electron chi connectivity index (χ0n) is 7.61. The van der Waals surface area contributed by atoms with Crippen LogP contribution < -0.4 is 0 Å². The van der Waals surface area contributed by atoms with Gasteiger partial charge in [-0.05, 0) is 7.05 Å². The summed E-state index contributed by atoms with van der Waals surface area (Å²) in [5, 5.41) is 17.7. The third-order valence-corrected chi connectivity index (χ3v) is 2.49. The molecule has 2 N–H and O–H groups in total. The van der Waals surface area contributed by atoms with E-state index in [1.54, 1.807) is 0 Å². The van der Waals surface area contributed by atoms with E-state index in [2.05, 4.69) is 9.80 Å². The zero-order valence-corrected chi connectivity index (χ0v) is 7.61. The molecule has 4 nitrogen and oxygen atoms in total. The summed E-state index contributed by atoms with van der Waals surface area (Å²) >= 11 is 0. The summed E-state index contributed by atoms with van der Waals surface area (Å²) in [7, 11) is 2.02. The molecular weight excluding hydrogens is 156 g/mol. The number of aliphatic hydroxyl groups is 2. The lowest BCUT2D eigenvalue weighted by Crippen LogP contribution is -2.53. The topological polar surface area (TPSA) is 46.9 Å². The van der Waals surface area contributed by atoms with E-state index in [4.69, 9.17) is 10.2 Å². The molecule has 0 aromatic carbocycles. The van der Waals surface area contributed by atoms with E-state index >= 15 is 0 Å². The first-order valence-corrected chi connectivity index (χ1v) is 4.42. The first-order valence-electron chi connectivity index (χ1n) is 4.42. The largest absolute Gasteiger partial charge is 0.395 e. The molecule has 1 heterocycles.